The molecule has 0 bridgehead atoms. The smallest absolute Gasteiger partial charge is 0.271 e. The lowest BCUT2D eigenvalue weighted by Gasteiger charge is -2.07. The monoisotopic (exact) mass is 405 g/mol. The van der Waals surface area contributed by atoms with Crippen molar-refractivity contribution in [2.75, 3.05) is 0 Å². The van der Waals surface area contributed by atoms with Crippen LogP contribution < -0.4 is 10.2 Å². The summed E-state index contributed by atoms with van der Waals surface area (Å²) in [7, 11) is 0. The van der Waals surface area contributed by atoms with Gasteiger partial charge in [-0.1, -0.05) is 29.8 Å². The van der Waals surface area contributed by atoms with Crippen LogP contribution in [-0.2, 0) is 6.61 Å². The Morgan fingerprint density at radius 1 is 1.17 bits per heavy atom. The van der Waals surface area contributed by atoms with E-state index >= 15 is 0 Å². The van der Waals surface area contributed by atoms with Gasteiger partial charge < -0.3 is 9.84 Å². The standard InChI is InChI=1S/C22H19N3O5/c1-15-3-2-4-16(11-15)14-30-20-8-5-17(6-9-20)22(27)24-23-13-18-12-19(25(28)29)7-10-21(18)26/h2-13,26H,14H2,1H3,(H,24,27)/b23-13+. The van der Waals surface area contributed by atoms with Gasteiger partial charge in [-0.2, -0.15) is 5.10 Å². The van der Waals surface area contributed by atoms with Crippen molar-refractivity contribution in [1.82, 2.24) is 5.43 Å². The number of phenols is 1. The maximum Gasteiger partial charge on any atom is 0.271 e. The number of ether oxygens (including phenoxy) is 1. The Bertz CT molecular complexity index is 1090. The minimum Gasteiger partial charge on any atom is -0.507 e. The number of phenolic OH excluding ortho intramolecular Hbond substituents is 1. The molecule has 0 saturated heterocycles. The lowest BCUT2D eigenvalue weighted by atomic mass is 10.1. The summed E-state index contributed by atoms with van der Waals surface area (Å²) >= 11 is 0. The molecule has 3 aromatic rings. The van der Waals surface area contributed by atoms with Crippen LogP contribution in [0.15, 0.2) is 71.8 Å². The van der Waals surface area contributed by atoms with Gasteiger partial charge in [0.25, 0.3) is 11.6 Å². The van der Waals surface area contributed by atoms with Crippen molar-refractivity contribution in [3.05, 3.63) is 99.1 Å². The van der Waals surface area contributed by atoms with Crippen LogP contribution in [0.3, 0.4) is 0 Å². The number of carbonyl (C=O) groups excluding carboxylic acids is 1. The van der Waals surface area contributed by atoms with E-state index in [2.05, 4.69) is 10.5 Å². The van der Waals surface area contributed by atoms with Gasteiger partial charge in [0.05, 0.1) is 11.1 Å². The Balaban J connectivity index is 1.57. The van der Waals surface area contributed by atoms with E-state index in [-0.39, 0.29) is 17.0 Å². The molecule has 3 rings (SSSR count). The van der Waals surface area contributed by atoms with Crippen molar-refractivity contribution in [3.63, 3.8) is 0 Å². The number of nitrogens with zero attached hydrogens (tertiary/aromatic N) is 2. The Kier molecular flexibility index (Phi) is 6.39. The fraction of sp³-hybridized carbons (Fsp3) is 0.0909. The number of nitro groups is 1. The van der Waals surface area contributed by atoms with Crippen molar-refractivity contribution >= 4 is 17.8 Å². The van der Waals surface area contributed by atoms with Gasteiger partial charge in [0.1, 0.15) is 18.1 Å². The molecule has 0 aliphatic rings. The zero-order valence-electron chi connectivity index (χ0n) is 16.1. The number of amides is 1. The van der Waals surface area contributed by atoms with Crippen molar-refractivity contribution < 1.29 is 19.6 Å². The summed E-state index contributed by atoms with van der Waals surface area (Å²) < 4.78 is 5.72. The van der Waals surface area contributed by atoms with Gasteiger partial charge in [-0.15, -0.1) is 0 Å². The van der Waals surface area contributed by atoms with E-state index in [1.54, 1.807) is 24.3 Å². The molecule has 8 nitrogen and oxygen atoms in total. The molecule has 152 valence electrons. The first kappa shape index (κ1) is 20.5. The number of non-ortho nitro benzene ring substituents is 1. The van der Waals surface area contributed by atoms with Crippen molar-refractivity contribution in [3.8, 4) is 11.5 Å². The van der Waals surface area contributed by atoms with Crippen LogP contribution in [0.2, 0.25) is 0 Å². The number of hydrazone groups is 1. The predicted molar refractivity (Wildman–Crippen MR) is 112 cm³/mol. The summed E-state index contributed by atoms with van der Waals surface area (Å²) in [5.41, 5.74) is 4.80. The van der Waals surface area contributed by atoms with Gasteiger partial charge in [0.2, 0.25) is 0 Å². The highest BCUT2D eigenvalue weighted by Gasteiger charge is 2.09. The fourth-order valence-electron chi connectivity index (χ4n) is 2.66. The number of rotatable bonds is 7. The molecule has 0 radical (unpaired) electrons. The van der Waals surface area contributed by atoms with Crippen LogP contribution >= 0.6 is 0 Å². The number of nitro benzene ring substituents is 1. The van der Waals surface area contributed by atoms with E-state index < -0.39 is 10.8 Å². The number of hydrogen-bond acceptors (Lipinski definition) is 6. The Labute approximate surface area is 172 Å². The molecule has 8 heteroatoms. The molecule has 0 aliphatic heterocycles. The van der Waals surface area contributed by atoms with Crippen LogP contribution in [-0.4, -0.2) is 22.2 Å². The Morgan fingerprint density at radius 3 is 2.63 bits per heavy atom. The minimum absolute atomic E-state index is 0.115. The molecule has 0 saturated carbocycles. The molecule has 0 unspecified atom stereocenters. The van der Waals surface area contributed by atoms with Gasteiger partial charge in [0.15, 0.2) is 0 Å². The number of nitrogens with one attached hydrogen (secondary N) is 1. The maximum atomic E-state index is 12.2. The third kappa shape index (κ3) is 5.41. The van der Waals surface area contributed by atoms with E-state index in [0.29, 0.717) is 17.9 Å². The molecule has 30 heavy (non-hydrogen) atoms. The Morgan fingerprint density at radius 2 is 1.93 bits per heavy atom. The van der Waals surface area contributed by atoms with Crippen LogP contribution in [0.1, 0.15) is 27.0 Å². The zero-order chi connectivity index (χ0) is 21.5. The molecule has 0 aromatic heterocycles. The topological polar surface area (TPSA) is 114 Å². The molecule has 0 fully saturated rings. The number of aromatic hydroxyl groups is 1. The summed E-state index contributed by atoms with van der Waals surface area (Å²) in [6, 6.07) is 18.1. The normalized spacial score (nSPS) is 10.7. The third-order valence-electron chi connectivity index (χ3n) is 4.20. The second-order valence-corrected chi connectivity index (χ2v) is 6.50. The summed E-state index contributed by atoms with van der Waals surface area (Å²) in [5.74, 6) is -0.0341. The molecule has 2 N–H and O–H groups in total. The maximum absolute atomic E-state index is 12.2. The van der Waals surface area contributed by atoms with E-state index in [4.69, 9.17) is 4.74 Å². The van der Waals surface area contributed by atoms with Crippen molar-refractivity contribution in [2.45, 2.75) is 13.5 Å². The molecule has 0 spiro atoms. The lowest BCUT2D eigenvalue weighted by molar-refractivity contribution is -0.384. The number of aryl methyl sites for hydroxylation is 1. The summed E-state index contributed by atoms with van der Waals surface area (Å²) in [4.78, 5) is 22.4. The second kappa shape index (κ2) is 9.33. The predicted octanol–water partition coefficient (Wildman–Crippen LogP) is 3.95. The molecular weight excluding hydrogens is 386 g/mol. The van der Waals surface area contributed by atoms with Crippen LogP contribution in [0, 0.1) is 17.0 Å². The molecule has 1 amide bonds. The summed E-state index contributed by atoms with van der Waals surface area (Å²) in [5, 5.41) is 24.3. The summed E-state index contributed by atoms with van der Waals surface area (Å²) in [6.45, 7) is 2.43. The number of hydrogen-bond donors (Lipinski definition) is 2. The molecular formula is C22H19N3O5. The van der Waals surface area contributed by atoms with Crippen LogP contribution in [0.4, 0.5) is 5.69 Å². The van der Waals surface area contributed by atoms with Crippen molar-refractivity contribution in [2.24, 2.45) is 5.10 Å². The zero-order valence-corrected chi connectivity index (χ0v) is 16.1. The summed E-state index contributed by atoms with van der Waals surface area (Å²) in [6.07, 6.45) is 1.14. The number of carbonyl (C=O) groups is 1. The van der Waals surface area contributed by atoms with Crippen LogP contribution in [0.25, 0.3) is 0 Å². The first-order valence-corrected chi connectivity index (χ1v) is 9.01. The highest BCUT2D eigenvalue weighted by Crippen LogP contribution is 2.21. The van der Waals surface area contributed by atoms with Gasteiger partial charge in [0, 0.05) is 23.3 Å². The second-order valence-electron chi connectivity index (χ2n) is 6.50. The van der Waals surface area contributed by atoms with Crippen LogP contribution in [0.5, 0.6) is 11.5 Å². The van der Waals surface area contributed by atoms with E-state index in [1.165, 1.54) is 12.1 Å². The quantitative estimate of drug-likeness (QED) is 0.351. The van der Waals surface area contributed by atoms with E-state index in [9.17, 15) is 20.0 Å². The first-order valence-electron chi connectivity index (χ1n) is 9.01. The molecule has 0 heterocycles. The Hall–Kier alpha value is -4.20. The first-order chi connectivity index (χ1) is 14.4. The highest BCUT2D eigenvalue weighted by atomic mass is 16.6. The van der Waals surface area contributed by atoms with E-state index in [0.717, 1.165) is 23.4 Å². The minimum atomic E-state index is -0.585. The largest absolute Gasteiger partial charge is 0.507 e. The average molecular weight is 405 g/mol. The van der Waals surface area contributed by atoms with Gasteiger partial charge in [-0.3, -0.25) is 14.9 Å². The third-order valence-corrected chi connectivity index (χ3v) is 4.20. The van der Waals surface area contributed by atoms with E-state index in [1.807, 2.05) is 31.2 Å². The van der Waals surface area contributed by atoms with Gasteiger partial charge in [-0.05, 0) is 42.8 Å². The lowest BCUT2D eigenvalue weighted by Crippen LogP contribution is -2.17. The van der Waals surface area contributed by atoms with Crippen molar-refractivity contribution in [1.29, 1.82) is 0 Å². The molecule has 3 aromatic carbocycles. The SMILES string of the molecule is Cc1cccc(COc2ccc(C(=O)N/N=C/c3cc([N+](=O)[O-])ccc3O)cc2)c1. The average Bonchev–Trinajstić information content (AvgIpc) is 2.73. The highest BCUT2D eigenvalue weighted by molar-refractivity contribution is 5.95. The fourth-order valence-corrected chi connectivity index (χ4v) is 2.66. The van der Waals surface area contributed by atoms with Gasteiger partial charge in [-0.25, -0.2) is 5.43 Å². The number of benzene rings is 3. The van der Waals surface area contributed by atoms with Gasteiger partial charge >= 0.3 is 0 Å². The molecule has 0 aliphatic carbocycles. The molecule has 0 atom stereocenters.